The van der Waals surface area contributed by atoms with Crippen LogP contribution in [0.3, 0.4) is 0 Å². The lowest BCUT2D eigenvalue weighted by Crippen LogP contribution is -2.34. The molecule has 0 spiro atoms. The van der Waals surface area contributed by atoms with Gasteiger partial charge in [0.2, 0.25) is 0 Å². The van der Waals surface area contributed by atoms with Crippen LogP contribution in [0.15, 0.2) is 85.0 Å². The van der Waals surface area contributed by atoms with Crippen molar-refractivity contribution in [1.82, 2.24) is 5.06 Å². The molecule has 2 aromatic carbocycles. The number of benzene rings is 2. The number of nitrogens with two attached hydrogens (primary N) is 1. The van der Waals surface area contributed by atoms with Gasteiger partial charge in [0, 0.05) is 31.0 Å². The molecule has 1 aliphatic carbocycles. The lowest BCUT2D eigenvalue weighted by atomic mass is 9.92. The number of carbonyl (C=O) groups excluding carboxylic acids is 1. The summed E-state index contributed by atoms with van der Waals surface area (Å²) in [5.74, 6) is 1.01. The van der Waals surface area contributed by atoms with Gasteiger partial charge in [-0.25, -0.2) is 0 Å². The van der Waals surface area contributed by atoms with Gasteiger partial charge in [0.25, 0.3) is 0 Å². The Bertz CT molecular complexity index is 1130. The summed E-state index contributed by atoms with van der Waals surface area (Å²) in [6.45, 7) is 17.2. The van der Waals surface area contributed by atoms with Gasteiger partial charge in [0.1, 0.15) is 11.9 Å². The first-order chi connectivity index (χ1) is 20.5. The standard InChI is InChI=1S/C31H41NO3.C7H15N/c1-25-15-20-32(21-16-25)35-30(28-12-7-4-8-13-28)14-9-17-31(18-19-31)22-29(33)26(2)23-34-24-27-10-5-3-6-11-27;1-5-6(2)7(3,4)8/h3-13,17,25-26,30H,14-16,18-24H2,1-2H3;2,5,8H2,1,3-4H3/b17-9-;/t26-,30?;/m1./s1. The lowest BCUT2D eigenvalue weighted by molar-refractivity contribution is -0.211. The van der Waals surface area contributed by atoms with Crippen molar-refractivity contribution >= 4 is 5.78 Å². The highest BCUT2D eigenvalue weighted by atomic mass is 16.7. The maximum Gasteiger partial charge on any atom is 0.138 e. The molecule has 5 heteroatoms. The number of piperidine rings is 1. The second kappa shape index (κ2) is 17.1. The Kier molecular flexibility index (Phi) is 13.8. The van der Waals surface area contributed by atoms with E-state index in [1.54, 1.807) is 0 Å². The van der Waals surface area contributed by atoms with E-state index in [1.807, 2.05) is 39.0 Å². The molecule has 2 fully saturated rings. The van der Waals surface area contributed by atoms with E-state index in [0.29, 0.717) is 25.4 Å². The third-order valence-electron chi connectivity index (χ3n) is 8.80. The summed E-state index contributed by atoms with van der Waals surface area (Å²) in [6, 6.07) is 20.6. The molecule has 4 rings (SSSR count). The first-order valence-electron chi connectivity index (χ1n) is 16.3. The van der Waals surface area contributed by atoms with Crippen molar-refractivity contribution in [2.24, 2.45) is 23.0 Å². The lowest BCUT2D eigenvalue weighted by Gasteiger charge is -2.32. The summed E-state index contributed by atoms with van der Waals surface area (Å²) in [4.78, 5) is 19.4. The summed E-state index contributed by atoms with van der Waals surface area (Å²) in [5, 5.41) is 2.15. The van der Waals surface area contributed by atoms with Gasteiger partial charge in [-0.2, -0.15) is 5.06 Å². The number of ether oxygens (including phenoxy) is 1. The molecule has 5 nitrogen and oxygen atoms in total. The number of allylic oxidation sites excluding steroid dienone is 1. The molecule has 236 valence electrons. The summed E-state index contributed by atoms with van der Waals surface area (Å²) in [5.41, 5.74) is 9.00. The Morgan fingerprint density at radius 3 is 2.23 bits per heavy atom. The van der Waals surface area contributed by atoms with Gasteiger partial charge in [-0.05, 0) is 74.8 Å². The fraction of sp³-hybridized carbons (Fsp3) is 0.553. The van der Waals surface area contributed by atoms with Crippen molar-refractivity contribution in [3.63, 3.8) is 0 Å². The second-order valence-electron chi connectivity index (χ2n) is 13.3. The van der Waals surface area contributed by atoms with Crippen molar-refractivity contribution in [1.29, 1.82) is 0 Å². The van der Waals surface area contributed by atoms with Gasteiger partial charge in [0.15, 0.2) is 0 Å². The third-order valence-corrected chi connectivity index (χ3v) is 8.80. The summed E-state index contributed by atoms with van der Waals surface area (Å²) >= 11 is 0. The van der Waals surface area contributed by atoms with Crippen LogP contribution >= 0.6 is 0 Å². The average molecular weight is 589 g/mol. The molecule has 1 heterocycles. The van der Waals surface area contributed by atoms with Crippen LogP contribution in [0, 0.1) is 17.3 Å². The van der Waals surface area contributed by atoms with Crippen LogP contribution in [0.4, 0.5) is 0 Å². The molecule has 0 bridgehead atoms. The number of nitrogens with zero attached hydrogens (tertiary/aromatic N) is 1. The minimum atomic E-state index is -0.186. The van der Waals surface area contributed by atoms with Gasteiger partial charge in [-0.1, -0.05) is 106 Å². The van der Waals surface area contributed by atoms with E-state index in [0.717, 1.165) is 55.8 Å². The summed E-state index contributed by atoms with van der Waals surface area (Å²) in [7, 11) is 0. The number of rotatable bonds is 15. The first kappa shape index (κ1) is 34.9. The monoisotopic (exact) mass is 588 g/mol. The van der Waals surface area contributed by atoms with Crippen molar-refractivity contribution < 1.29 is 14.4 Å². The topological polar surface area (TPSA) is 64.8 Å². The molecule has 2 N–H and O–H groups in total. The van der Waals surface area contributed by atoms with E-state index in [2.05, 4.69) is 80.1 Å². The van der Waals surface area contributed by atoms with Crippen molar-refractivity contribution in [2.45, 2.75) is 97.8 Å². The second-order valence-corrected chi connectivity index (χ2v) is 13.3. The summed E-state index contributed by atoms with van der Waals surface area (Å²) in [6.07, 6.45) is 11.5. The first-order valence-corrected chi connectivity index (χ1v) is 16.3. The molecular formula is C38H56N2O3. The molecule has 2 aliphatic rings. The minimum Gasteiger partial charge on any atom is -0.376 e. The van der Waals surface area contributed by atoms with E-state index in [9.17, 15) is 4.79 Å². The van der Waals surface area contributed by atoms with Crippen molar-refractivity contribution in [3.8, 4) is 0 Å². The molecule has 1 aliphatic heterocycles. The number of ketones is 1. The van der Waals surface area contributed by atoms with E-state index in [4.69, 9.17) is 15.3 Å². The zero-order valence-corrected chi connectivity index (χ0v) is 27.4. The molecule has 1 saturated carbocycles. The quantitative estimate of drug-likeness (QED) is 0.211. The van der Waals surface area contributed by atoms with Crippen LogP contribution in [0.2, 0.25) is 0 Å². The van der Waals surface area contributed by atoms with Gasteiger partial charge in [-0.15, -0.1) is 0 Å². The molecule has 2 aromatic rings. The third kappa shape index (κ3) is 12.5. The largest absolute Gasteiger partial charge is 0.376 e. The summed E-state index contributed by atoms with van der Waals surface area (Å²) < 4.78 is 5.82. The SMILES string of the molecule is C=C(CC)C(C)(C)N.CC1CCN(OC(C/C=C\C2(CC(=O)[C@H](C)COCc3ccccc3)CC2)c2ccccc2)CC1. The van der Waals surface area contributed by atoms with Gasteiger partial charge in [0.05, 0.1) is 13.2 Å². The van der Waals surface area contributed by atoms with Gasteiger partial charge in [-0.3, -0.25) is 9.63 Å². The van der Waals surface area contributed by atoms with E-state index >= 15 is 0 Å². The number of hydrogen-bond acceptors (Lipinski definition) is 5. The Labute approximate surface area is 261 Å². The maximum absolute atomic E-state index is 12.9. The molecule has 0 aromatic heterocycles. The van der Waals surface area contributed by atoms with Gasteiger partial charge < -0.3 is 10.5 Å². The predicted octanol–water partition coefficient (Wildman–Crippen LogP) is 8.62. The zero-order valence-electron chi connectivity index (χ0n) is 27.4. The molecule has 1 unspecified atom stereocenters. The number of hydroxylamine groups is 2. The molecular weight excluding hydrogens is 532 g/mol. The molecule has 1 saturated heterocycles. The molecule has 0 amide bonds. The van der Waals surface area contributed by atoms with Gasteiger partial charge >= 0.3 is 0 Å². The van der Waals surface area contributed by atoms with Crippen LogP contribution in [-0.2, 0) is 21.0 Å². The normalized spacial score (nSPS) is 18.5. The molecule has 0 radical (unpaired) electrons. The van der Waals surface area contributed by atoms with E-state index in [-0.39, 0.29) is 23.0 Å². The van der Waals surface area contributed by atoms with Crippen LogP contribution in [-0.4, -0.2) is 36.1 Å². The number of carbonyl (C=O) groups is 1. The Morgan fingerprint density at radius 2 is 1.70 bits per heavy atom. The maximum atomic E-state index is 12.9. The number of hydrogen-bond donors (Lipinski definition) is 1. The Morgan fingerprint density at radius 1 is 1.09 bits per heavy atom. The van der Waals surface area contributed by atoms with Crippen LogP contribution < -0.4 is 5.73 Å². The molecule has 43 heavy (non-hydrogen) atoms. The van der Waals surface area contributed by atoms with Crippen LogP contribution in [0.1, 0.15) is 96.8 Å². The Balaban J connectivity index is 0.000000557. The highest BCUT2D eigenvalue weighted by Crippen LogP contribution is 2.51. The van der Waals surface area contributed by atoms with Crippen LogP contribution in [0.25, 0.3) is 0 Å². The highest BCUT2D eigenvalue weighted by molar-refractivity contribution is 5.82. The Hall–Kier alpha value is -2.57. The zero-order chi connectivity index (χ0) is 31.3. The average Bonchev–Trinajstić information content (AvgIpc) is 3.77. The number of Topliss-reactive ketones (excluding diaryl/α,β-unsaturated/α-hetero) is 1. The fourth-order valence-electron chi connectivity index (χ4n) is 5.18. The van der Waals surface area contributed by atoms with Crippen molar-refractivity contribution in [3.05, 3.63) is 96.1 Å². The van der Waals surface area contributed by atoms with E-state index < -0.39 is 0 Å². The predicted molar refractivity (Wildman–Crippen MR) is 178 cm³/mol. The highest BCUT2D eigenvalue weighted by Gasteiger charge is 2.42. The smallest absolute Gasteiger partial charge is 0.138 e. The van der Waals surface area contributed by atoms with E-state index in [1.165, 1.54) is 18.4 Å². The van der Waals surface area contributed by atoms with Crippen LogP contribution in [0.5, 0.6) is 0 Å². The molecule has 2 atom stereocenters. The fourth-order valence-corrected chi connectivity index (χ4v) is 5.18. The minimum absolute atomic E-state index is 0.0117. The van der Waals surface area contributed by atoms with Crippen molar-refractivity contribution in [2.75, 3.05) is 19.7 Å².